The highest BCUT2D eigenvalue weighted by atomic mass is 16.5. The summed E-state index contributed by atoms with van der Waals surface area (Å²) in [7, 11) is 1.63. The molecule has 0 aliphatic heterocycles. The number of aryl methyl sites for hydroxylation is 2. The standard InChI is InChI=1S/C27H38N2O3/c1-6-20(4)28-27(31)25(8-3)29(19-23-13-16-24(32-5)17-14-23)26(30)18-15-22-11-9-21(7-2)10-12-22/h9-14,16-17,20,25H,6-8,15,18-19H2,1-5H3,(H,28,31)/t20-,25+/m1/s1. The number of nitrogens with one attached hydrogen (secondary N) is 1. The number of benzene rings is 2. The van der Waals surface area contributed by atoms with Gasteiger partial charge in [-0.05, 0) is 61.4 Å². The first-order chi connectivity index (χ1) is 15.4. The lowest BCUT2D eigenvalue weighted by Crippen LogP contribution is -2.50. The van der Waals surface area contributed by atoms with Gasteiger partial charge < -0.3 is 15.0 Å². The van der Waals surface area contributed by atoms with E-state index in [1.54, 1.807) is 12.0 Å². The molecule has 0 fully saturated rings. The van der Waals surface area contributed by atoms with Gasteiger partial charge in [0, 0.05) is 19.0 Å². The number of carbonyl (C=O) groups excluding carboxylic acids is 2. The third kappa shape index (κ3) is 7.40. The Balaban J connectivity index is 2.19. The quantitative estimate of drug-likeness (QED) is 0.512. The summed E-state index contributed by atoms with van der Waals surface area (Å²) in [5, 5.41) is 3.05. The Morgan fingerprint density at radius 3 is 2.03 bits per heavy atom. The molecule has 2 aromatic rings. The van der Waals surface area contributed by atoms with Crippen LogP contribution in [0.4, 0.5) is 0 Å². The smallest absolute Gasteiger partial charge is 0.243 e. The van der Waals surface area contributed by atoms with Crippen LogP contribution in [0, 0.1) is 0 Å². The largest absolute Gasteiger partial charge is 0.497 e. The summed E-state index contributed by atoms with van der Waals surface area (Å²) in [6.45, 7) is 8.50. The predicted octanol–water partition coefficient (Wildman–Crippen LogP) is 4.91. The maximum Gasteiger partial charge on any atom is 0.243 e. The van der Waals surface area contributed by atoms with E-state index in [1.807, 2.05) is 45.0 Å². The second kappa shape index (κ2) is 12.9. The number of rotatable bonds is 12. The van der Waals surface area contributed by atoms with Gasteiger partial charge in [-0.25, -0.2) is 0 Å². The van der Waals surface area contributed by atoms with Gasteiger partial charge in [0.15, 0.2) is 0 Å². The van der Waals surface area contributed by atoms with E-state index in [2.05, 4.69) is 36.5 Å². The SMILES string of the molecule is CCc1ccc(CCC(=O)N(Cc2ccc(OC)cc2)[C@@H](CC)C(=O)N[C@H](C)CC)cc1. The highest BCUT2D eigenvalue weighted by Gasteiger charge is 2.29. The highest BCUT2D eigenvalue weighted by molar-refractivity contribution is 5.87. The van der Waals surface area contributed by atoms with Gasteiger partial charge in [0.2, 0.25) is 11.8 Å². The summed E-state index contributed by atoms with van der Waals surface area (Å²) in [6, 6.07) is 15.6. The first-order valence-corrected chi connectivity index (χ1v) is 11.7. The van der Waals surface area contributed by atoms with Gasteiger partial charge in [-0.2, -0.15) is 0 Å². The molecule has 1 N–H and O–H groups in total. The molecule has 0 aromatic heterocycles. The lowest BCUT2D eigenvalue weighted by molar-refractivity contribution is -0.141. The minimum atomic E-state index is -0.499. The van der Waals surface area contributed by atoms with E-state index in [0.717, 1.165) is 29.7 Å². The van der Waals surface area contributed by atoms with Crippen LogP contribution in [0.1, 0.15) is 63.6 Å². The average Bonchev–Trinajstić information content (AvgIpc) is 2.82. The molecule has 0 aliphatic rings. The second-order valence-electron chi connectivity index (χ2n) is 8.28. The van der Waals surface area contributed by atoms with Gasteiger partial charge >= 0.3 is 0 Å². The summed E-state index contributed by atoms with van der Waals surface area (Å²) >= 11 is 0. The van der Waals surface area contributed by atoms with Crippen molar-refractivity contribution in [2.45, 2.75) is 78.4 Å². The summed E-state index contributed by atoms with van der Waals surface area (Å²) < 4.78 is 5.24. The maximum atomic E-state index is 13.3. The van der Waals surface area contributed by atoms with Crippen LogP contribution >= 0.6 is 0 Å². The molecule has 0 saturated carbocycles. The van der Waals surface area contributed by atoms with E-state index in [4.69, 9.17) is 4.74 Å². The van der Waals surface area contributed by atoms with E-state index in [1.165, 1.54) is 5.56 Å². The first-order valence-electron chi connectivity index (χ1n) is 11.7. The number of nitrogens with zero attached hydrogens (tertiary/aromatic N) is 1. The molecule has 5 nitrogen and oxygen atoms in total. The Bertz CT molecular complexity index is 846. The predicted molar refractivity (Wildman–Crippen MR) is 130 cm³/mol. The first kappa shape index (κ1) is 25.4. The van der Waals surface area contributed by atoms with Crippen molar-refractivity contribution in [3.05, 3.63) is 65.2 Å². The molecule has 32 heavy (non-hydrogen) atoms. The zero-order chi connectivity index (χ0) is 23.5. The molecule has 0 unspecified atom stereocenters. The number of carbonyl (C=O) groups is 2. The number of methoxy groups -OCH3 is 1. The van der Waals surface area contributed by atoms with Gasteiger partial charge in [-0.1, -0.05) is 57.2 Å². The molecule has 2 rings (SSSR count). The van der Waals surface area contributed by atoms with E-state index >= 15 is 0 Å². The van der Waals surface area contributed by atoms with Gasteiger partial charge in [-0.3, -0.25) is 9.59 Å². The van der Waals surface area contributed by atoms with Gasteiger partial charge in [-0.15, -0.1) is 0 Å². The van der Waals surface area contributed by atoms with Crippen LogP contribution < -0.4 is 10.1 Å². The molecule has 2 amide bonds. The van der Waals surface area contributed by atoms with Crippen molar-refractivity contribution in [1.82, 2.24) is 10.2 Å². The van der Waals surface area contributed by atoms with Gasteiger partial charge in [0.05, 0.1) is 7.11 Å². The zero-order valence-corrected chi connectivity index (χ0v) is 20.2. The third-order valence-electron chi connectivity index (χ3n) is 5.96. The number of amides is 2. The molecule has 2 aromatic carbocycles. The van der Waals surface area contributed by atoms with Crippen molar-refractivity contribution in [3.8, 4) is 5.75 Å². The van der Waals surface area contributed by atoms with E-state index in [-0.39, 0.29) is 17.9 Å². The molecular weight excluding hydrogens is 400 g/mol. The van der Waals surface area contributed by atoms with E-state index in [9.17, 15) is 9.59 Å². The van der Waals surface area contributed by atoms with Crippen LogP contribution in [-0.4, -0.2) is 35.9 Å². The topological polar surface area (TPSA) is 58.6 Å². The minimum Gasteiger partial charge on any atom is -0.497 e. The Labute approximate surface area is 193 Å². The Hall–Kier alpha value is -2.82. The van der Waals surface area contributed by atoms with Crippen LogP contribution in [0.15, 0.2) is 48.5 Å². The number of ether oxygens (including phenoxy) is 1. The Morgan fingerprint density at radius 2 is 1.50 bits per heavy atom. The normalized spacial score (nSPS) is 12.7. The number of hydrogen-bond donors (Lipinski definition) is 1. The molecule has 0 aliphatic carbocycles. The summed E-state index contributed by atoms with van der Waals surface area (Å²) in [4.78, 5) is 28.1. The van der Waals surface area contributed by atoms with Crippen molar-refractivity contribution in [1.29, 1.82) is 0 Å². The molecular formula is C27H38N2O3. The summed E-state index contributed by atoms with van der Waals surface area (Å²) in [5.74, 6) is 0.672. The fraction of sp³-hybridized carbons (Fsp3) is 0.481. The van der Waals surface area contributed by atoms with Crippen molar-refractivity contribution in [3.63, 3.8) is 0 Å². The van der Waals surface area contributed by atoms with E-state index < -0.39 is 6.04 Å². The molecule has 0 heterocycles. The lowest BCUT2D eigenvalue weighted by atomic mass is 10.0. The monoisotopic (exact) mass is 438 g/mol. The minimum absolute atomic E-state index is 0.00784. The average molecular weight is 439 g/mol. The van der Waals surface area contributed by atoms with Crippen molar-refractivity contribution in [2.24, 2.45) is 0 Å². The van der Waals surface area contributed by atoms with Gasteiger partial charge in [0.1, 0.15) is 11.8 Å². The van der Waals surface area contributed by atoms with Crippen molar-refractivity contribution in [2.75, 3.05) is 7.11 Å². The fourth-order valence-corrected chi connectivity index (χ4v) is 3.62. The van der Waals surface area contributed by atoms with Crippen LogP contribution in [0.3, 0.4) is 0 Å². The summed E-state index contributed by atoms with van der Waals surface area (Å²) in [6.07, 6.45) is 3.44. The number of hydrogen-bond acceptors (Lipinski definition) is 3. The third-order valence-corrected chi connectivity index (χ3v) is 5.96. The fourth-order valence-electron chi connectivity index (χ4n) is 3.62. The molecule has 0 bridgehead atoms. The highest BCUT2D eigenvalue weighted by Crippen LogP contribution is 2.18. The molecule has 0 saturated heterocycles. The maximum absolute atomic E-state index is 13.3. The molecule has 0 spiro atoms. The van der Waals surface area contributed by atoms with Crippen LogP contribution in [0.2, 0.25) is 0 Å². The molecule has 174 valence electrons. The van der Waals surface area contributed by atoms with E-state index in [0.29, 0.717) is 25.8 Å². The summed E-state index contributed by atoms with van der Waals surface area (Å²) in [5.41, 5.74) is 3.40. The van der Waals surface area contributed by atoms with Crippen LogP contribution in [-0.2, 0) is 29.0 Å². The van der Waals surface area contributed by atoms with Crippen molar-refractivity contribution < 1.29 is 14.3 Å². The molecule has 0 radical (unpaired) electrons. The second-order valence-corrected chi connectivity index (χ2v) is 8.28. The zero-order valence-electron chi connectivity index (χ0n) is 20.2. The van der Waals surface area contributed by atoms with Gasteiger partial charge in [0.25, 0.3) is 0 Å². The Morgan fingerprint density at radius 1 is 0.906 bits per heavy atom. The lowest BCUT2D eigenvalue weighted by Gasteiger charge is -2.31. The van der Waals surface area contributed by atoms with Crippen molar-refractivity contribution >= 4 is 11.8 Å². The molecule has 5 heteroatoms. The molecule has 2 atom stereocenters. The van der Waals surface area contributed by atoms with Crippen LogP contribution in [0.25, 0.3) is 0 Å². The van der Waals surface area contributed by atoms with Crippen LogP contribution in [0.5, 0.6) is 5.75 Å². The Kier molecular flexibility index (Phi) is 10.3.